The van der Waals surface area contributed by atoms with Gasteiger partial charge in [0.15, 0.2) is 5.82 Å². The van der Waals surface area contributed by atoms with Crippen LogP contribution in [0.4, 0.5) is 0 Å². The molecule has 2 atom stereocenters. The van der Waals surface area contributed by atoms with E-state index in [-0.39, 0.29) is 6.04 Å². The molecule has 0 amide bonds. The van der Waals surface area contributed by atoms with Crippen LogP contribution in [-0.4, -0.2) is 44.8 Å². The van der Waals surface area contributed by atoms with E-state index in [1.807, 2.05) is 28.9 Å². The fraction of sp³-hybridized carbons (Fsp3) is 0.611. The number of tetrazole rings is 1. The number of likely N-dealkylation sites (tertiary alicyclic amines) is 1. The predicted molar refractivity (Wildman–Crippen MR) is 95.7 cm³/mol. The van der Waals surface area contributed by atoms with Crippen molar-refractivity contribution >= 4 is 11.6 Å². The Kier molecular flexibility index (Phi) is 4.90. The Morgan fingerprint density at radius 3 is 2.92 bits per heavy atom. The van der Waals surface area contributed by atoms with Crippen LogP contribution in [0.1, 0.15) is 50.5 Å². The van der Waals surface area contributed by atoms with E-state index in [0.717, 1.165) is 24.7 Å². The number of benzene rings is 1. The van der Waals surface area contributed by atoms with Gasteiger partial charge in [-0.15, -0.1) is 5.10 Å². The van der Waals surface area contributed by atoms with Gasteiger partial charge in [0.1, 0.15) is 5.75 Å². The van der Waals surface area contributed by atoms with Crippen molar-refractivity contribution < 1.29 is 4.74 Å². The van der Waals surface area contributed by atoms with Crippen LogP contribution in [-0.2, 0) is 0 Å². The van der Waals surface area contributed by atoms with Gasteiger partial charge in [0.2, 0.25) is 0 Å². The summed E-state index contributed by atoms with van der Waals surface area (Å²) in [6.07, 6.45) is 4.74. The summed E-state index contributed by atoms with van der Waals surface area (Å²) in [4.78, 5) is 2.48. The molecule has 0 bridgehead atoms. The summed E-state index contributed by atoms with van der Waals surface area (Å²) in [5, 5.41) is 13.1. The molecule has 2 aromatic rings. The molecular formula is C18H24ClN5O. The molecule has 1 saturated heterocycles. The van der Waals surface area contributed by atoms with Crippen molar-refractivity contribution in [3.8, 4) is 5.75 Å². The number of aromatic nitrogens is 4. The Bertz CT molecular complexity index is 717. The number of ether oxygens (including phenoxy) is 1. The van der Waals surface area contributed by atoms with Gasteiger partial charge in [0.25, 0.3) is 0 Å². The van der Waals surface area contributed by atoms with Crippen LogP contribution in [0.15, 0.2) is 24.3 Å². The first-order valence-electron chi connectivity index (χ1n) is 9.11. The van der Waals surface area contributed by atoms with Crippen LogP contribution in [0.3, 0.4) is 0 Å². The van der Waals surface area contributed by atoms with Crippen molar-refractivity contribution in [3.63, 3.8) is 0 Å². The number of piperidine rings is 1. The molecule has 2 fully saturated rings. The third kappa shape index (κ3) is 3.80. The molecule has 4 rings (SSSR count). The highest BCUT2D eigenvalue weighted by molar-refractivity contribution is 6.32. The Morgan fingerprint density at radius 2 is 2.12 bits per heavy atom. The lowest BCUT2D eigenvalue weighted by atomic mass is 9.97. The zero-order valence-corrected chi connectivity index (χ0v) is 15.3. The third-order valence-electron chi connectivity index (χ3n) is 5.19. The van der Waals surface area contributed by atoms with Gasteiger partial charge in [-0.3, -0.25) is 4.90 Å². The van der Waals surface area contributed by atoms with E-state index >= 15 is 0 Å². The normalized spacial score (nSPS) is 22.7. The molecule has 1 saturated carbocycles. The molecule has 2 unspecified atom stereocenters. The van der Waals surface area contributed by atoms with E-state index in [4.69, 9.17) is 16.3 Å². The molecule has 2 aliphatic rings. The van der Waals surface area contributed by atoms with Crippen LogP contribution in [0.25, 0.3) is 0 Å². The topological polar surface area (TPSA) is 56.1 Å². The highest BCUT2D eigenvalue weighted by Crippen LogP contribution is 2.36. The SMILES string of the molecule is CC(c1nnnn1C1CC1)N1CCCC(COc2ccccc2Cl)C1. The summed E-state index contributed by atoms with van der Waals surface area (Å²) >= 11 is 6.18. The second kappa shape index (κ2) is 7.30. The number of halogens is 1. The Morgan fingerprint density at radius 1 is 1.28 bits per heavy atom. The second-order valence-corrected chi connectivity index (χ2v) is 7.54. The van der Waals surface area contributed by atoms with Gasteiger partial charge in [-0.2, -0.15) is 0 Å². The van der Waals surface area contributed by atoms with Gasteiger partial charge in [-0.1, -0.05) is 23.7 Å². The Balaban J connectivity index is 1.37. The van der Waals surface area contributed by atoms with Crippen molar-refractivity contribution in [1.29, 1.82) is 0 Å². The molecule has 134 valence electrons. The van der Waals surface area contributed by atoms with Crippen LogP contribution >= 0.6 is 11.6 Å². The van der Waals surface area contributed by atoms with E-state index in [1.54, 1.807) is 0 Å². The monoisotopic (exact) mass is 361 g/mol. The van der Waals surface area contributed by atoms with Crippen LogP contribution in [0.5, 0.6) is 5.75 Å². The molecule has 1 aromatic heterocycles. The van der Waals surface area contributed by atoms with Crippen LogP contribution < -0.4 is 4.74 Å². The zero-order chi connectivity index (χ0) is 17.2. The lowest BCUT2D eigenvalue weighted by Gasteiger charge is -2.36. The minimum Gasteiger partial charge on any atom is -0.492 e. The molecule has 0 radical (unpaired) electrons. The van der Waals surface area contributed by atoms with E-state index in [2.05, 4.69) is 27.3 Å². The minimum atomic E-state index is 0.235. The first-order chi connectivity index (χ1) is 12.2. The zero-order valence-electron chi connectivity index (χ0n) is 14.5. The molecule has 0 spiro atoms. The molecule has 0 N–H and O–H groups in total. The molecule has 25 heavy (non-hydrogen) atoms. The molecule has 7 heteroatoms. The number of rotatable bonds is 6. The van der Waals surface area contributed by atoms with Gasteiger partial charge >= 0.3 is 0 Å². The summed E-state index contributed by atoms with van der Waals surface area (Å²) < 4.78 is 7.99. The molecule has 1 aromatic carbocycles. The summed E-state index contributed by atoms with van der Waals surface area (Å²) in [6, 6.07) is 8.41. The maximum atomic E-state index is 6.18. The largest absolute Gasteiger partial charge is 0.492 e. The summed E-state index contributed by atoms with van der Waals surface area (Å²) in [5.41, 5.74) is 0. The summed E-state index contributed by atoms with van der Waals surface area (Å²) in [5.74, 6) is 2.26. The number of para-hydroxylation sites is 1. The van der Waals surface area contributed by atoms with E-state index < -0.39 is 0 Å². The number of hydrogen-bond donors (Lipinski definition) is 0. The minimum absolute atomic E-state index is 0.235. The fourth-order valence-electron chi connectivity index (χ4n) is 3.57. The number of hydrogen-bond acceptors (Lipinski definition) is 5. The first kappa shape index (κ1) is 16.8. The maximum Gasteiger partial charge on any atom is 0.168 e. The molecule has 6 nitrogen and oxygen atoms in total. The van der Waals surface area contributed by atoms with Gasteiger partial charge in [-0.05, 0) is 61.7 Å². The number of nitrogens with zero attached hydrogens (tertiary/aromatic N) is 5. The predicted octanol–water partition coefficient (Wildman–Crippen LogP) is 3.51. The van der Waals surface area contributed by atoms with Crippen molar-refractivity contribution in [2.24, 2.45) is 5.92 Å². The van der Waals surface area contributed by atoms with Gasteiger partial charge < -0.3 is 4.74 Å². The van der Waals surface area contributed by atoms with E-state index in [1.165, 1.54) is 25.7 Å². The quantitative estimate of drug-likeness (QED) is 0.788. The third-order valence-corrected chi connectivity index (χ3v) is 5.51. The van der Waals surface area contributed by atoms with Gasteiger partial charge in [-0.25, -0.2) is 4.68 Å². The Hall–Kier alpha value is -1.66. The van der Waals surface area contributed by atoms with Crippen molar-refractivity contribution in [2.45, 2.75) is 44.7 Å². The highest BCUT2D eigenvalue weighted by atomic mass is 35.5. The van der Waals surface area contributed by atoms with Gasteiger partial charge in [0, 0.05) is 12.5 Å². The lowest BCUT2D eigenvalue weighted by molar-refractivity contribution is 0.0956. The standard InChI is InChI=1S/C18H24ClN5O/c1-13(18-20-21-22-24(18)15-8-9-15)23-10-4-5-14(11-23)12-25-17-7-3-2-6-16(17)19/h2-3,6-7,13-15H,4-5,8-12H2,1H3. The van der Waals surface area contributed by atoms with E-state index in [0.29, 0.717) is 23.6 Å². The van der Waals surface area contributed by atoms with Crippen molar-refractivity contribution in [3.05, 3.63) is 35.1 Å². The fourth-order valence-corrected chi connectivity index (χ4v) is 3.76. The van der Waals surface area contributed by atoms with E-state index in [9.17, 15) is 0 Å². The summed E-state index contributed by atoms with van der Waals surface area (Å²) in [6.45, 7) is 4.99. The highest BCUT2D eigenvalue weighted by Gasteiger charge is 2.33. The maximum absolute atomic E-state index is 6.18. The average Bonchev–Trinajstić information content (AvgIpc) is 3.37. The van der Waals surface area contributed by atoms with Crippen LogP contribution in [0.2, 0.25) is 5.02 Å². The molecule has 1 aliphatic carbocycles. The Labute approximate surface area is 153 Å². The molecule has 1 aliphatic heterocycles. The van der Waals surface area contributed by atoms with Crippen molar-refractivity contribution in [1.82, 2.24) is 25.1 Å². The first-order valence-corrected chi connectivity index (χ1v) is 9.49. The van der Waals surface area contributed by atoms with Crippen LogP contribution in [0, 0.1) is 5.92 Å². The lowest BCUT2D eigenvalue weighted by Crippen LogP contribution is -2.40. The second-order valence-electron chi connectivity index (χ2n) is 7.13. The van der Waals surface area contributed by atoms with Crippen molar-refractivity contribution in [2.75, 3.05) is 19.7 Å². The molecular weight excluding hydrogens is 338 g/mol. The average molecular weight is 362 g/mol. The molecule has 2 heterocycles. The summed E-state index contributed by atoms with van der Waals surface area (Å²) in [7, 11) is 0. The van der Waals surface area contributed by atoms with Gasteiger partial charge in [0.05, 0.1) is 23.7 Å². The smallest absolute Gasteiger partial charge is 0.168 e.